The summed E-state index contributed by atoms with van der Waals surface area (Å²) < 4.78 is 23.2. The molecule has 4 aliphatic rings. The summed E-state index contributed by atoms with van der Waals surface area (Å²) in [4.78, 5) is 27.0. The first-order valence-electron chi connectivity index (χ1n) is 16.6. The second kappa shape index (κ2) is 12.1. The summed E-state index contributed by atoms with van der Waals surface area (Å²) >= 11 is 0. The molecule has 0 unspecified atom stereocenters. The Morgan fingerprint density at radius 3 is 1.86 bits per heavy atom. The molecule has 0 radical (unpaired) electrons. The number of hydrogen-bond donors (Lipinski definition) is 13. The highest BCUT2D eigenvalue weighted by Crippen LogP contribution is 2.60. The predicted octanol–water partition coefficient (Wildman–Crippen LogP) is 0.658. The number of ketones is 1. The van der Waals surface area contributed by atoms with Crippen LogP contribution in [0.4, 0.5) is 0 Å². The van der Waals surface area contributed by atoms with E-state index in [-0.39, 0.29) is 29.0 Å². The van der Waals surface area contributed by atoms with Crippen LogP contribution in [0, 0.1) is 0 Å². The van der Waals surface area contributed by atoms with Crippen LogP contribution in [0.3, 0.4) is 0 Å². The van der Waals surface area contributed by atoms with Crippen molar-refractivity contribution in [2.75, 3.05) is 0 Å². The van der Waals surface area contributed by atoms with Crippen LogP contribution >= 0.6 is 0 Å². The van der Waals surface area contributed by atoms with Crippen LogP contribution in [0.15, 0.2) is 54.1 Å². The van der Waals surface area contributed by atoms with Gasteiger partial charge in [-0.1, -0.05) is 0 Å². The van der Waals surface area contributed by atoms with E-state index in [1.54, 1.807) is 0 Å². The van der Waals surface area contributed by atoms with Crippen LogP contribution < -0.4 is 14.2 Å². The number of phenols is 9. The van der Waals surface area contributed by atoms with Gasteiger partial charge in [-0.3, -0.25) is 4.79 Å². The van der Waals surface area contributed by atoms with Crippen molar-refractivity contribution in [3.63, 3.8) is 0 Å². The van der Waals surface area contributed by atoms with Gasteiger partial charge in [0.05, 0.1) is 17.6 Å². The average molecular weight is 779 g/mol. The zero-order valence-electron chi connectivity index (χ0n) is 28.2. The molecule has 292 valence electrons. The molecular formula is C37H30O19. The highest BCUT2D eigenvalue weighted by atomic mass is 16.7. The minimum absolute atomic E-state index is 0.0258. The van der Waals surface area contributed by atoms with E-state index in [1.165, 1.54) is 0 Å². The quantitative estimate of drug-likeness (QED) is 0.0768. The third-order valence-electron chi connectivity index (χ3n) is 10.3. The van der Waals surface area contributed by atoms with Crippen LogP contribution in [-0.4, -0.2) is 108 Å². The van der Waals surface area contributed by atoms with Crippen molar-refractivity contribution in [2.24, 2.45) is 0 Å². The van der Waals surface area contributed by atoms with Crippen LogP contribution in [0.25, 0.3) is 0 Å². The number of carbonyl (C=O) groups is 2. The Labute approximate surface area is 312 Å². The van der Waals surface area contributed by atoms with Gasteiger partial charge in [-0.25, -0.2) is 4.79 Å². The van der Waals surface area contributed by atoms with Crippen molar-refractivity contribution >= 4 is 11.8 Å². The topological polar surface area (TPSA) is 334 Å². The van der Waals surface area contributed by atoms with Gasteiger partial charge in [-0.2, -0.15) is 0 Å². The number of hydrogen-bond acceptors (Lipinski definition) is 19. The van der Waals surface area contributed by atoms with E-state index < -0.39 is 140 Å². The van der Waals surface area contributed by atoms with Crippen molar-refractivity contribution < 1.29 is 94.9 Å². The fourth-order valence-corrected chi connectivity index (χ4v) is 7.63. The summed E-state index contributed by atoms with van der Waals surface area (Å²) in [6.07, 6.45) is -6.86. The standard InChI is InChI=1S/C37H30O19/c38-12-3-18(40)14-7-23(45)32(53-24(14)5-12)17-10-27(46)37(52)36(50,51)29(17)28-16(8-22(44)31(48)34(28)56-37)33-26(9-15-19(41)4-13(39)6-25(15)54-33)55-35(49)11-1-20(42)30(47)21(43)2-11/h1-6,8,10,23,26,29,32-33,38-45,47-48,50-52H,7,9H2/t23-,26-,29+,32-,33-,37+/m1/s1. The van der Waals surface area contributed by atoms with Gasteiger partial charge in [0.25, 0.3) is 0 Å². The zero-order valence-corrected chi connectivity index (χ0v) is 28.2. The molecule has 4 aromatic rings. The molecule has 19 heteroatoms. The van der Waals surface area contributed by atoms with E-state index in [1.807, 2.05) is 0 Å². The Morgan fingerprint density at radius 2 is 1.25 bits per heavy atom. The maximum Gasteiger partial charge on any atom is 0.338 e. The molecular weight excluding hydrogens is 748 g/mol. The molecule has 0 amide bonds. The molecule has 6 atom stereocenters. The second-order valence-corrected chi connectivity index (χ2v) is 13.7. The largest absolute Gasteiger partial charge is 0.508 e. The molecule has 3 aliphatic heterocycles. The Bertz CT molecular complexity index is 2400. The lowest BCUT2D eigenvalue weighted by atomic mass is 9.67. The Balaban J connectivity index is 1.32. The number of aromatic hydroxyl groups is 9. The van der Waals surface area contributed by atoms with E-state index in [4.69, 9.17) is 18.9 Å². The molecule has 0 spiro atoms. The van der Waals surface area contributed by atoms with Gasteiger partial charge in [0, 0.05) is 59.4 Å². The highest BCUT2D eigenvalue weighted by molar-refractivity contribution is 6.00. The molecule has 0 saturated heterocycles. The van der Waals surface area contributed by atoms with Crippen LogP contribution in [0.2, 0.25) is 0 Å². The molecule has 0 aromatic heterocycles. The summed E-state index contributed by atoms with van der Waals surface area (Å²) in [6.45, 7) is 0. The Morgan fingerprint density at radius 1 is 0.696 bits per heavy atom. The van der Waals surface area contributed by atoms with E-state index in [0.29, 0.717) is 6.08 Å². The summed E-state index contributed by atoms with van der Waals surface area (Å²) in [7, 11) is 0. The lowest BCUT2D eigenvalue weighted by Crippen LogP contribution is -2.70. The molecule has 13 N–H and O–H groups in total. The summed E-state index contributed by atoms with van der Waals surface area (Å²) in [6, 6.07) is 6.45. The first-order valence-corrected chi connectivity index (χ1v) is 16.6. The third kappa shape index (κ3) is 5.20. The van der Waals surface area contributed by atoms with Crippen molar-refractivity contribution in [3.05, 3.63) is 81.9 Å². The lowest BCUT2D eigenvalue weighted by Gasteiger charge is -2.52. The molecule has 19 nitrogen and oxygen atoms in total. The molecule has 56 heavy (non-hydrogen) atoms. The number of ether oxygens (including phenoxy) is 4. The second-order valence-electron chi connectivity index (χ2n) is 13.7. The highest BCUT2D eigenvalue weighted by Gasteiger charge is 2.70. The number of esters is 1. The number of phenolic OH excluding ortho intramolecular Hbond substituents is 9. The monoisotopic (exact) mass is 778 g/mol. The van der Waals surface area contributed by atoms with E-state index in [2.05, 4.69) is 0 Å². The average Bonchev–Trinajstić information content (AvgIpc) is 3.11. The van der Waals surface area contributed by atoms with Crippen LogP contribution in [0.5, 0.6) is 69.0 Å². The van der Waals surface area contributed by atoms with Crippen molar-refractivity contribution in [1.82, 2.24) is 0 Å². The smallest absolute Gasteiger partial charge is 0.338 e. The number of fused-ring (bicyclic) bond motifs is 6. The first kappa shape index (κ1) is 36.2. The molecule has 3 heterocycles. The molecule has 2 bridgehead atoms. The van der Waals surface area contributed by atoms with Crippen molar-refractivity contribution in [2.45, 2.75) is 54.7 Å². The van der Waals surface area contributed by atoms with Crippen LogP contribution in [0.1, 0.15) is 44.6 Å². The molecule has 1 aliphatic carbocycles. The number of rotatable bonds is 4. The van der Waals surface area contributed by atoms with Gasteiger partial charge >= 0.3 is 11.8 Å². The minimum atomic E-state index is -3.68. The fraction of sp³-hybridized carbons (Fsp3) is 0.243. The summed E-state index contributed by atoms with van der Waals surface area (Å²) in [5, 5.41) is 140. The van der Waals surface area contributed by atoms with E-state index >= 15 is 0 Å². The number of aliphatic hydroxyl groups is 4. The summed E-state index contributed by atoms with van der Waals surface area (Å²) in [5.41, 5.74) is -1.87. The van der Waals surface area contributed by atoms with Gasteiger partial charge < -0.3 is 85.3 Å². The van der Waals surface area contributed by atoms with Crippen LogP contribution in [-0.2, 0) is 22.4 Å². The van der Waals surface area contributed by atoms with Crippen molar-refractivity contribution in [3.8, 4) is 69.0 Å². The SMILES string of the molecule is O=C(O[C@@H]1Cc2c(O)cc(O)cc2O[C@@H]1c1cc(O)c(O)c2c1[C@@H]1C([C@H]3Oc4cc(O)cc(O)c4C[C@H]3O)=CC(=O)[C@](O)(O2)C1(O)O)c1cc(O)c(O)c(O)c1. The number of benzene rings is 4. The maximum atomic E-state index is 13.5. The Kier molecular flexibility index (Phi) is 7.82. The number of aliphatic hydroxyl groups excluding tert-OH is 1. The first-order chi connectivity index (χ1) is 26.3. The maximum absolute atomic E-state index is 13.5. The number of carbonyl (C=O) groups excluding carboxylic acids is 2. The fourth-order valence-electron chi connectivity index (χ4n) is 7.63. The summed E-state index contributed by atoms with van der Waals surface area (Å²) in [5.74, 6) is -20.3. The van der Waals surface area contributed by atoms with Crippen molar-refractivity contribution in [1.29, 1.82) is 0 Å². The van der Waals surface area contributed by atoms with Gasteiger partial charge in [-0.05, 0) is 29.8 Å². The molecule has 4 aromatic carbocycles. The van der Waals surface area contributed by atoms with E-state index in [9.17, 15) is 76.0 Å². The van der Waals surface area contributed by atoms with Gasteiger partial charge in [0.1, 0.15) is 46.7 Å². The van der Waals surface area contributed by atoms with E-state index in [0.717, 1.165) is 42.5 Å². The predicted molar refractivity (Wildman–Crippen MR) is 180 cm³/mol. The van der Waals surface area contributed by atoms with Gasteiger partial charge in [0.15, 0.2) is 34.9 Å². The van der Waals surface area contributed by atoms with Gasteiger partial charge in [0.2, 0.25) is 17.3 Å². The zero-order chi connectivity index (χ0) is 40.3. The molecule has 0 fully saturated rings. The Hall–Kier alpha value is -6.80. The van der Waals surface area contributed by atoms with Gasteiger partial charge in [-0.15, -0.1) is 0 Å². The normalized spacial score (nSPS) is 25.6. The molecule has 0 saturated carbocycles. The molecule has 8 rings (SSSR count). The minimum Gasteiger partial charge on any atom is -0.508 e. The lowest BCUT2D eigenvalue weighted by molar-refractivity contribution is -0.340. The third-order valence-corrected chi connectivity index (χ3v) is 10.3.